The average molecular weight is 474 g/mol. The Labute approximate surface area is 182 Å². The van der Waals surface area contributed by atoms with Crippen LogP contribution in [0.25, 0.3) is 0 Å². The molecular weight excluding hydrogens is 452 g/mol. The molecule has 1 saturated carbocycles. The van der Waals surface area contributed by atoms with Crippen LogP contribution in [0.1, 0.15) is 43.2 Å². The molecule has 0 aromatic heterocycles. The zero-order valence-corrected chi connectivity index (χ0v) is 17.8. The Morgan fingerprint density at radius 1 is 0.969 bits per heavy atom. The number of amides is 1. The van der Waals surface area contributed by atoms with Crippen LogP contribution in [0.4, 0.5) is 17.6 Å². The normalized spacial score (nSPS) is 15.2. The van der Waals surface area contributed by atoms with Gasteiger partial charge in [0, 0.05) is 18.7 Å². The van der Waals surface area contributed by atoms with Crippen molar-refractivity contribution < 1.29 is 36.0 Å². The number of sulfonamides is 1. The topological polar surface area (TPSA) is 86.7 Å². The lowest BCUT2D eigenvalue weighted by Gasteiger charge is -2.33. The molecule has 0 unspecified atom stereocenters. The van der Waals surface area contributed by atoms with Crippen LogP contribution in [0.5, 0.6) is 0 Å². The van der Waals surface area contributed by atoms with E-state index in [0.29, 0.717) is 24.0 Å². The van der Waals surface area contributed by atoms with E-state index in [1.165, 1.54) is 5.48 Å². The number of halogens is 4. The molecule has 6 nitrogen and oxygen atoms in total. The molecule has 3 rings (SSSR count). The van der Waals surface area contributed by atoms with Crippen molar-refractivity contribution in [2.75, 3.05) is 0 Å². The standard InChI is InChI=1S/C21H22F4N2O4S/c22-16-11-17(20(24)21(25)19(16)23)32(30,31)27(15-4-2-1-3-5-15)12-14-8-6-13(7-9-14)10-18(28)26-29/h6-9,11,15,29H,1-5,10,12H2,(H,26,28). The highest BCUT2D eigenvalue weighted by molar-refractivity contribution is 7.89. The number of hydrogen-bond acceptors (Lipinski definition) is 4. The van der Waals surface area contributed by atoms with E-state index in [1.54, 1.807) is 24.3 Å². The number of carbonyl (C=O) groups is 1. The summed E-state index contributed by atoms with van der Waals surface area (Å²) in [5.41, 5.74) is 2.56. The molecule has 32 heavy (non-hydrogen) atoms. The van der Waals surface area contributed by atoms with E-state index in [-0.39, 0.29) is 19.0 Å². The summed E-state index contributed by atoms with van der Waals surface area (Å²) in [6.45, 7) is -0.209. The second-order valence-corrected chi connectivity index (χ2v) is 9.53. The highest BCUT2D eigenvalue weighted by atomic mass is 32.2. The predicted octanol–water partition coefficient (Wildman–Crippen LogP) is 3.81. The molecule has 0 aliphatic heterocycles. The lowest BCUT2D eigenvalue weighted by Crippen LogP contribution is -2.41. The van der Waals surface area contributed by atoms with Crippen LogP contribution in [0.15, 0.2) is 35.2 Å². The molecule has 11 heteroatoms. The van der Waals surface area contributed by atoms with E-state index in [4.69, 9.17) is 5.21 Å². The number of hydrogen-bond donors (Lipinski definition) is 2. The molecule has 2 N–H and O–H groups in total. The number of hydroxylamine groups is 1. The van der Waals surface area contributed by atoms with Crippen molar-refractivity contribution in [3.05, 3.63) is 64.7 Å². The molecule has 1 aliphatic carbocycles. The van der Waals surface area contributed by atoms with Gasteiger partial charge in [0.05, 0.1) is 6.42 Å². The van der Waals surface area contributed by atoms with E-state index in [9.17, 15) is 30.8 Å². The monoisotopic (exact) mass is 474 g/mol. The zero-order chi connectivity index (χ0) is 23.5. The number of rotatable bonds is 7. The van der Waals surface area contributed by atoms with Gasteiger partial charge in [0.15, 0.2) is 23.3 Å². The van der Waals surface area contributed by atoms with Crippen molar-refractivity contribution in [2.24, 2.45) is 0 Å². The summed E-state index contributed by atoms with van der Waals surface area (Å²) in [7, 11) is -4.71. The summed E-state index contributed by atoms with van der Waals surface area (Å²) >= 11 is 0. The van der Waals surface area contributed by atoms with Gasteiger partial charge in [0.25, 0.3) is 0 Å². The molecule has 1 amide bonds. The maximum Gasteiger partial charge on any atom is 0.247 e. The first-order valence-corrected chi connectivity index (χ1v) is 11.4. The lowest BCUT2D eigenvalue weighted by molar-refractivity contribution is -0.128. The molecule has 0 heterocycles. The fourth-order valence-corrected chi connectivity index (χ4v) is 5.56. The molecule has 2 aromatic carbocycles. The predicted molar refractivity (Wildman–Crippen MR) is 106 cm³/mol. The van der Waals surface area contributed by atoms with Crippen LogP contribution in [0.3, 0.4) is 0 Å². The van der Waals surface area contributed by atoms with Crippen LogP contribution in [-0.4, -0.2) is 29.9 Å². The second kappa shape index (κ2) is 9.97. The first-order chi connectivity index (χ1) is 15.1. The van der Waals surface area contributed by atoms with E-state index in [0.717, 1.165) is 23.6 Å². The van der Waals surface area contributed by atoms with Gasteiger partial charge in [0.2, 0.25) is 15.9 Å². The van der Waals surface area contributed by atoms with Gasteiger partial charge in [-0.1, -0.05) is 43.5 Å². The van der Waals surface area contributed by atoms with Gasteiger partial charge in [-0.3, -0.25) is 10.0 Å². The lowest BCUT2D eigenvalue weighted by atomic mass is 9.95. The van der Waals surface area contributed by atoms with Crippen LogP contribution in [0, 0.1) is 23.3 Å². The first-order valence-electron chi connectivity index (χ1n) is 10.0. The van der Waals surface area contributed by atoms with Crippen LogP contribution >= 0.6 is 0 Å². The van der Waals surface area contributed by atoms with Gasteiger partial charge in [-0.05, 0) is 24.0 Å². The van der Waals surface area contributed by atoms with Gasteiger partial charge in [-0.2, -0.15) is 4.31 Å². The molecule has 1 aliphatic rings. The molecule has 0 bridgehead atoms. The summed E-state index contributed by atoms with van der Waals surface area (Å²) in [4.78, 5) is 10.0. The Balaban J connectivity index is 1.97. The third kappa shape index (κ3) is 5.11. The number of carbonyl (C=O) groups excluding carboxylic acids is 1. The fourth-order valence-electron chi connectivity index (χ4n) is 3.81. The second-order valence-electron chi connectivity index (χ2n) is 7.67. The minimum absolute atomic E-state index is 0.0965. The Morgan fingerprint density at radius 3 is 2.16 bits per heavy atom. The highest BCUT2D eigenvalue weighted by Gasteiger charge is 2.36. The van der Waals surface area contributed by atoms with Crippen molar-refractivity contribution >= 4 is 15.9 Å². The van der Waals surface area contributed by atoms with Gasteiger partial charge in [-0.25, -0.2) is 31.5 Å². The molecule has 0 radical (unpaired) electrons. The highest BCUT2D eigenvalue weighted by Crippen LogP contribution is 2.32. The maximum atomic E-state index is 14.4. The largest absolute Gasteiger partial charge is 0.289 e. The van der Waals surface area contributed by atoms with Crippen molar-refractivity contribution in [1.29, 1.82) is 0 Å². The quantitative estimate of drug-likeness (QED) is 0.210. The Hall–Kier alpha value is -2.50. The molecule has 2 aromatic rings. The van der Waals surface area contributed by atoms with Crippen molar-refractivity contribution in [3.63, 3.8) is 0 Å². The van der Waals surface area contributed by atoms with E-state index in [2.05, 4.69) is 0 Å². The maximum absolute atomic E-state index is 14.4. The Morgan fingerprint density at radius 2 is 1.56 bits per heavy atom. The van der Waals surface area contributed by atoms with Gasteiger partial charge < -0.3 is 0 Å². The van der Waals surface area contributed by atoms with Crippen molar-refractivity contribution in [3.8, 4) is 0 Å². The fraction of sp³-hybridized carbons (Fsp3) is 0.381. The Bertz CT molecular complexity index is 1090. The molecule has 174 valence electrons. The van der Waals surface area contributed by atoms with E-state index < -0.39 is 50.1 Å². The van der Waals surface area contributed by atoms with Gasteiger partial charge >= 0.3 is 0 Å². The summed E-state index contributed by atoms with van der Waals surface area (Å²) < 4.78 is 82.8. The summed E-state index contributed by atoms with van der Waals surface area (Å²) in [5, 5.41) is 8.61. The number of benzene rings is 2. The van der Waals surface area contributed by atoms with Crippen LogP contribution < -0.4 is 5.48 Å². The van der Waals surface area contributed by atoms with Crippen LogP contribution in [-0.2, 0) is 27.8 Å². The van der Waals surface area contributed by atoms with E-state index >= 15 is 0 Å². The smallest absolute Gasteiger partial charge is 0.247 e. The van der Waals surface area contributed by atoms with Gasteiger partial charge in [-0.15, -0.1) is 0 Å². The van der Waals surface area contributed by atoms with Crippen molar-refractivity contribution in [2.45, 2.75) is 56.0 Å². The minimum Gasteiger partial charge on any atom is -0.289 e. The molecule has 1 fully saturated rings. The zero-order valence-electron chi connectivity index (χ0n) is 17.0. The molecule has 0 spiro atoms. The first kappa shape index (κ1) is 24.1. The van der Waals surface area contributed by atoms with Gasteiger partial charge in [0.1, 0.15) is 4.90 Å². The van der Waals surface area contributed by atoms with E-state index in [1.807, 2.05) is 0 Å². The van der Waals surface area contributed by atoms with Crippen LogP contribution in [0.2, 0.25) is 0 Å². The summed E-state index contributed by atoms with van der Waals surface area (Å²) in [6, 6.07) is 5.89. The number of nitrogens with zero attached hydrogens (tertiary/aromatic N) is 1. The third-order valence-corrected chi connectivity index (χ3v) is 7.39. The SMILES string of the molecule is O=C(Cc1ccc(CN(C2CCCCC2)S(=O)(=O)c2cc(F)c(F)c(F)c2F)cc1)NO. The molecule has 0 saturated heterocycles. The average Bonchev–Trinajstić information content (AvgIpc) is 2.79. The Kier molecular flexibility index (Phi) is 7.52. The summed E-state index contributed by atoms with van der Waals surface area (Å²) in [5.74, 6) is -8.64. The number of nitrogens with one attached hydrogen (secondary N) is 1. The molecule has 0 atom stereocenters. The molecular formula is C21H22F4N2O4S. The van der Waals surface area contributed by atoms with Crippen molar-refractivity contribution in [1.82, 2.24) is 9.79 Å². The summed E-state index contributed by atoms with van der Waals surface area (Å²) in [6.07, 6.45) is 3.26. The third-order valence-electron chi connectivity index (χ3n) is 5.49. The minimum atomic E-state index is -4.71.